The lowest BCUT2D eigenvalue weighted by Gasteiger charge is -2.04. The highest BCUT2D eigenvalue weighted by atomic mass is 35.5. The minimum atomic E-state index is -0.918. The molecule has 2 aromatic heterocycles. The van der Waals surface area contributed by atoms with Gasteiger partial charge in [-0.3, -0.25) is 4.79 Å². The summed E-state index contributed by atoms with van der Waals surface area (Å²) in [6, 6.07) is 0. The van der Waals surface area contributed by atoms with Gasteiger partial charge in [-0.2, -0.15) is 0 Å². The van der Waals surface area contributed by atoms with E-state index in [1.807, 2.05) is 0 Å². The molecule has 0 unspecified atom stereocenters. The van der Waals surface area contributed by atoms with E-state index in [-0.39, 0.29) is 17.3 Å². The van der Waals surface area contributed by atoms with Crippen molar-refractivity contribution >= 4 is 34.3 Å². The number of rotatable bonds is 4. The number of ketones is 1. The van der Waals surface area contributed by atoms with E-state index in [4.69, 9.17) is 16.3 Å². The molecule has 0 aromatic carbocycles. The third-order valence-electron chi connectivity index (χ3n) is 2.55. The minimum absolute atomic E-state index is 0.131. The molecule has 0 spiro atoms. The number of nitrogens with zero attached hydrogens (tertiary/aromatic N) is 1. The highest BCUT2D eigenvalue weighted by Crippen LogP contribution is 2.32. The summed E-state index contributed by atoms with van der Waals surface area (Å²) >= 11 is 5.92. The Hall–Kier alpha value is -2.08. The number of Topliss-reactive ketones (excluding diaryl/α,β-unsaturated/α-hetero) is 1. The second kappa shape index (κ2) is 5.27. The smallest absolute Gasteiger partial charge is 0.379 e. The maximum atomic E-state index is 12.0. The number of aromatic nitrogens is 2. The highest BCUT2D eigenvalue weighted by molar-refractivity contribution is 6.44. The third-order valence-corrected chi connectivity index (χ3v) is 2.84. The van der Waals surface area contributed by atoms with Crippen LogP contribution in [0.1, 0.15) is 17.3 Å². The van der Waals surface area contributed by atoms with E-state index in [1.54, 1.807) is 6.92 Å². The average Bonchev–Trinajstić information content (AvgIpc) is 2.84. The number of hydrogen-bond acceptors (Lipinski definition) is 5. The van der Waals surface area contributed by atoms with Crippen LogP contribution >= 0.6 is 11.6 Å². The molecule has 7 heteroatoms. The van der Waals surface area contributed by atoms with Crippen molar-refractivity contribution < 1.29 is 19.1 Å². The van der Waals surface area contributed by atoms with Gasteiger partial charge in [0.1, 0.15) is 5.75 Å². The Morgan fingerprint density at radius 3 is 2.84 bits per heavy atom. The van der Waals surface area contributed by atoms with Gasteiger partial charge < -0.3 is 14.5 Å². The molecular formula is C12H11ClN2O4. The number of H-pyrrole nitrogens is 1. The van der Waals surface area contributed by atoms with Crippen LogP contribution in [0.2, 0.25) is 5.15 Å². The van der Waals surface area contributed by atoms with Gasteiger partial charge in [0.2, 0.25) is 0 Å². The molecule has 0 saturated heterocycles. The minimum Gasteiger partial charge on any atom is -0.494 e. The lowest BCUT2D eigenvalue weighted by atomic mass is 10.1. The van der Waals surface area contributed by atoms with Crippen LogP contribution in [0.4, 0.5) is 0 Å². The predicted octanol–water partition coefficient (Wildman–Crippen LogP) is 1.97. The van der Waals surface area contributed by atoms with Crippen molar-refractivity contribution in [2.75, 3.05) is 13.7 Å². The lowest BCUT2D eigenvalue weighted by Crippen LogP contribution is -2.17. The first-order valence-corrected chi connectivity index (χ1v) is 5.89. The summed E-state index contributed by atoms with van der Waals surface area (Å²) in [6.07, 6.45) is 2.78. The Kier molecular flexibility index (Phi) is 3.71. The van der Waals surface area contributed by atoms with Gasteiger partial charge in [0.05, 0.1) is 36.4 Å². The summed E-state index contributed by atoms with van der Waals surface area (Å²) in [6.45, 7) is 1.76. The van der Waals surface area contributed by atoms with E-state index in [9.17, 15) is 9.59 Å². The van der Waals surface area contributed by atoms with Gasteiger partial charge in [-0.05, 0) is 6.92 Å². The number of methoxy groups -OCH3 is 1. The first-order chi connectivity index (χ1) is 9.10. The van der Waals surface area contributed by atoms with Crippen molar-refractivity contribution in [2.24, 2.45) is 0 Å². The normalized spacial score (nSPS) is 10.5. The van der Waals surface area contributed by atoms with E-state index in [0.29, 0.717) is 16.7 Å². The zero-order valence-corrected chi connectivity index (χ0v) is 11.1. The zero-order valence-electron chi connectivity index (χ0n) is 10.3. The van der Waals surface area contributed by atoms with E-state index in [0.717, 1.165) is 0 Å². The van der Waals surface area contributed by atoms with E-state index >= 15 is 0 Å². The quantitative estimate of drug-likeness (QED) is 0.401. The molecule has 0 atom stereocenters. The molecule has 19 heavy (non-hydrogen) atoms. The number of esters is 1. The number of fused-ring (bicyclic) bond motifs is 1. The molecule has 0 amide bonds. The van der Waals surface area contributed by atoms with Crippen molar-refractivity contribution in [3.63, 3.8) is 0 Å². The molecule has 0 bridgehead atoms. The van der Waals surface area contributed by atoms with Crippen LogP contribution in [0.3, 0.4) is 0 Å². The number of nitrogens with one attached hydrogen (secondary N) is 1. The topological polar surface area (TPSA) is 81.3 Å². The molecule has 0 radical (unpaired) electrons. The third kappa shape index (κ3) is 2.26. The summed E-state index contributed by atoms with van der Waals surface area (Å²) in [4.78, 5) is 30.2. The van der Waals surface area contributed by atoms with Gasteiger partial charge in [-0.25, -0.2) is 9.78 Å². The fourth-order valence-electron chi connectivity index (χ4n) is 1.73. The Bertz CT molecular complexity index is 650. The summed E-state index contributed by atoms with van der Waals surface area (Å²) in [7, 11) is 1.44. The molecule has 6 nitrogen and oxygen atoms in total. The van der Waals surface area contributed by atoms with Crippen molar-refractivity contribution in [2.45, 2.75) is 6.92 Å². The van der Waals surface area contributed by atoms with Crippen molar-refractivity contribution in [3.8, 4) is 5.75 Å². The van der Waals surface area contributed by atoms with Crippen molar-refractivity contribution in [1.82, 2.24) is 9.97 Å². The molecule has 0 fully saturated rings. The molecule has 0 aliphatic carbocycles. The number of halogens is 1. The number of hydrogen-bond donors (Lipinski definition) is 1. The standard InChI is InChI=1S/C12H11ClN2O4/c1-3-19-12(17)10(16)6-4-14-9-8(6)7(18-2)5-15-11(9)13/h4-5,14H,3H2,1-2H3. The SMILES string of the molecule is CCOC(=O)C(=O)c1c[nH]c2c(Cl)ncc(OC)c12. The van der Waals surface area contributed by atoms with E-state index in [1.165, 1.54) is 19.5 Å². The van der Waals surface area contributed by atoms with Crippen molar-refractivity contribution in [1.29, 1.82) is 0 Å². The monoisotopic (exact) mass is 282 g/mol. The molecule has 100 valence electrons. The Labute approximate surface area is 113 Å². The predicted molar refractivity (Wildman–Crippen MR) is 68.6 cm³/mol. The Morgan fingerprint density at radius 2 is 2.21 bits per heavy atom. The van der Waals surface area contributed by atoms with Crippen LogP contribution in [0, 0.1) is 0 Å². The largest absolute Gasteiger partial charge is 0.494 e. The van der Waals surface area contributed by atoms with Crippen LogP contribution in [-0.2, 0) is 9.53 Å². The van der Waals surface area contributed by atoms with Crippen LogP contribution in [0.25, 0.3) is 10.9 Å². The fraction of sp³-hybridized carbons (Fsp3) is 0.250. The lowest BCUT2D eigenvalue weighted by molar-refractivity contribution is -0.137. The maximum absolute atomic E-state index is 12.0. The second-order valence-corrected chi connectivity index (χ2v) is 3.98. The first-order valence-electron chi connectivity index (χ1n) is 5.51. The Balaban J connectivity index is 2.59. The molecule has 2 heterocycles. The van der Waals surface area contributed by atoms with Gasteiger partial charge in [0, 0.05) is 6.20 Å². The highest BCUT2D eigenvalue weighted by Gasteiger charge is 2.24. The van der Waals surface area contributed by atoms with Gasteiger partial charge in [-0.15, -0.1) is 0 Å². The molecule has 0 aliphatic rings. The van der Waals surface area contributed by atoms with Crippen LogP contribution in [0.15, 0.2) is 12.4 Å². The number of aromatic amines is 1. The Morgan fingerprint density at radius 1 is 1.47 bits per heavy atom. The van der Waals surface area contributed by atoms with Crippen LogP contribution in [-0.4, -0.2) is 35.4 Å². The fourth-order valence-corrected chi connectivity index (χ4v) is 1.92. The molecule has 2 rings (SSSR count). The first kappa shape index (κ1) is 13.4. The summed E-state index contributed by atoms with van der Waals surface area (Å²) < 4.78 is 9.81. The van der Waals surface area contributed by atoms with E-state index < -0.39 is 11.8 Å². The number of carbonyl (C=O) groups is 2. The second-order valence-electron chi connectivity index (χ2n) is 3.62. The number of pyridine rings is 1. The van der Waals surface area contributed by atoms with Gasteiger partial charge in [0.15, 0.2) is 5.15 Å². The average molecular weight is 283 g/mol. The molecule has 2 aromatic rings. The summed E-state index contributed by atoms with van der Waals surface area (Å²) in [5.74, 6) is -1.32. The molecule has 0 aliphatic heterocycles. The molecule has 0 saturated carbocycles. The van der Waals surface area contributed by atoms with E-state index in [2.05, 4.69) is 14.7 Å². The van der Waals surface area contributed by atoms with Gasteiger partial charge >= 0.3 is 5.97 Å². The summed E-state index contributed by atoms with van der Waals surface area (Å²) in [5, 5.41) is 0.610. The van der Waals surface area contributed by atoms with Crippen LogP contribution in [0.5, 0.6) is 5.75 Å². The van der Waals surface area contributed by atoms with Gasteiger partial charge in [0.25, 0.3) is 5.78 Å². The molecule has 1 N–H and O–H groups in total. The zero-order chi connectivity index (χ0) is 14.0. The maximum Gasteiger partial charge on any atom is 0.379 e. The number of carbonyl (C=O) groups excluding carboxylic acids is 2. The summed E-state index contributed by atoms with van der Waals surface area (Å²) in [5.41, 5.74) is 0.586. The van der Waals surface area contributed by atoms with Crippen LogP contribution < -0.4 is 4.74 Å². The number of ether oxygens (including phenoxy) is 2. The molecular weight excluding hydrogens is 272 g/mol. The van der Waals surface area contributed by atoms with Gasteiger partial charge in [-0.1, -0.05) is 11.6 Å². The van der Waals surface area contributed by atoms with Crippen molar-refractivity contribution in [3.05, 3.63) is 23.1 Å².